The zero-order valence-corrected chi connectivity index (χ0v) is 18.6. The van der Waals surface area contributed by atoms with Crippen LogP contribution in [0.1, 0.15) is 27.6 Å². The number of anilines is 1. The number of aryl methyl sites for hydroxylation is 1. The normalized spacial score (nSPS) is 11.8. The molecule has 3 aromatic carbocycles. The van der Waals surface area contributed by atoms with Crippen molar-refractivity contribution in [1.29, 1.82) is 0 Å². The lowest BCUT2D eigenvalue weighted by Crippen LogP contribution is -2.26. The number of hydrogen-bond acceptors (Lipinski definition) is 5. The fourth-order valence-electron chi connectivity index (χ4n) is 2.91. The van der Waals surface area contributed by atoms with Crippen LogP contribution in [0.2, 0.25) is 0 Å². The Hall–Kier alpha value is -3.93. The van der Waals surface area contributed by atoms with Crippen molar-refractivity contribution in [2.24, 2.45) is 0 Å². The quantitative estimate of drug-likeness (QED) is 0.394. The van der Waals surface area contributed by atoms with E-state index in [0.29, 0.717) is 11.3 Å². The zero-order chi connectivity index (χ0) is 23.8. The number of hydrogen-bond donors (Lipinski definition) is 2. The second-order valence-corrected chi connectivity index (χ2v) is 8.87. The van der Waals surface area contributed by atoms with Gasteiger partial charge in [-0.2, -0.15) is 4.72 Å². The Labute approximate surface area is 192 Å². The van der Waals surface area contributed by atoms with Crippen molar-refractivity contribution in [3.8, 4) is 12.3 Å². The standard InChI is InChI=1S/C25H22N2O5S/c1-3-17-26-33(30,31)22-15-11-20(12-16-22)25(29)32-23(19-7-5-4-6-8-19)24(28)27-21-13-9-18(2)10-14-21/h1,4-16,23,26H,17H2,2H3,(H,27,28). The van der Waals surface area contributed by atoms with Gasteiger partial charge in [0.1, 0.15) is 0 Å². The fraction of sp³-hybridized carbons (Fsp3) is 0.120. The van der Waals surface area contributed by atoms with Crippen molar-refractivity contribution in [3.63, 3.8) is 0 Å². The summed E-state index contributed by atoms with van der Waals surface area (Å²) >= 11 is 0. The van der Waals surface area contributed by atoms with Gasteiger partial charge in [-0.15, -0.1) is 6.42 Å². The number of nitrogens with one attached hydrogen (secondary N) is 2. The molecule has 2 N–H and O–H groups in total. The van der Waals surface area contributed by atoms with Gasteiger partial charge in [-0.1, -0.05) is 53.9 Å². The summed E-state index contributed by atoms with van der Waals surface area (Å²) in [5.41, 5.74) is 2.19. The third-order valence-electron chi connectivity index (χ3n) is 4.65. The van der Waals surface area contributed by atoms with Gasteiger partial charge < -0.3 is 10.1 Å². The van der Waals surface area contributed by atoms with Crippen molar-refractivity contribution >= 4 is 27.6 Å². The van der Waals surface area contributed by atoms with Crippen molar-refractivity contribution in [2.75, 3.05) is 11.9 Å². The van der Waals surface area contributed by atoms with Crippen molar-refractivity contribution < 1.29 is 22.7 Å². The van der Waals surface area contributed by atoms with E-state index in [1.807, 2.05) is 19.1 Å². The molecule has 0 saturated heterocycles. The molecule has 0 spiro atoms. The van der Waals surface area contributed by atoms with Gasteiger partial charge >= 0.3 is 5.97 Å². The molecule has 3 rings (SSSR count). The Morgan fingerprint density at radius 2 is 1.61 bits per heavy atom. The molecule has 8 heteroatoms. The largest absolute Gasteiger partial charge is 0.444 e. The Morgan fingerprint density at radius 3 is 2.21 bits per heavy atom. The maximum absolute atomic E-state index is 13.0. The highest BCUT2D eigenvalue weighted by molar-refractivity contribution is 7.89. The molecule has 0 bridgehead atoms. The molecule has 0 heterocycles. The molecule has 0 radical (unpaired) electrons. The van der Waals surface area contributed by atoms with Crippen LogP contribution in [0.5, 0.6) is 0 Å². The van der Waals surface area contributed by atoms with Crippen molar-refractivity contribution in [3.05, 3.63) is 95.6 Å². The van der Waals surface area contributed by atoms with E-state index in [-0.39, 0.29) is 17.0 Å². The molecule has 1 unspecified atom stereocenters. The first kappa shape index (κ1) is 23.7. The number of carbonyl (C=O) groups excluding carboxylic acids is 2. The van der Waals surface area contributed by atoms with Gasteiger partial charge in [0.05, 0.1) is 17.0 Å². The monoisotopic (exact) mass is 462 g/mol. The van der Waals surface area contributed by atoms with E-state index in [4.69, 9.17) is 11.2 Å². The van der Waals surface area contributed by atoms with E-state index in [9.17, 15) is 18.0 Å². The first-order valence-electron chi connectivity index (χ1n) is 9.97. The molecular formula is C25H22N2O5S. The molecule has 7 nitrogen and oxygen atoms in total. The van der Waals surface area contributed by atoms with E-state index in [1.54, 1.807) is 42.5 Å². The number of rotatable bonds is 8. The van der Waals surface area contributed by atoms with E-state index in [2.05, 4.69) is 16.0 Å². The molecule has 3 aromatic rings. The van der Waals surface area contributed by atoms with Gasteiger partial charge in [-0.05, 0) is 43.3 Å². The lowest BCUT2D eigenvalue weighted by Gasteiger charge is -2.18. The maximum Gasteiger partial charge on any atom is 0.339 e. The van der Waals surface area contributed by atoms with E-state index in [0.717, 1.165) is 5.56 Å². The summed E-state index contributed by atoms with van der Waals surface area (Å²) in [5, 5.41) is 2.75. The second-order valence-electron chi connectivity index (χ2n) is 7.10. The third kappa shape index (κ3) is 6.29. The molecule has 168 valence electrons. The number of benzene rings is 3. The summed E-state index contributed by atoms with van der Waals surface area (Å²) in [6, 6.07) is 21.0. The molecule has 33 heavy (non-hydrogen) atoms. The molecule has 0 fully saturated rings. The first-order chi connectivity index (χ1) is 15.8. The molecule has 0 aliphatic heterocycles. The van der Waals surface area contributed by atoms with Crippen LogP contribution in [0.4, 0.5) is 5.69 Å². The van der Waals surface area contributed by atoms with Crippen LogP contribution in [0, 0.1) is 19.3 Å². The number of terminal acetylenes is 1. The van der Waals surface area contributed by atoms with Gasteiger partial charge in [-0.3, -0.25) is 4.79 Å². The van der Waals surface area contributed by atoms with Gasteiger partial charge in [0, 0.05) is 11.3 Å². The summed E-state index contributed by atoms with van der Waals surface area (Å²) in [6.07, 6.45) is 3.87. The molecule has 1 atom stereocenters. The number of esters is 1. The molecule has 1 amide bonds. The van der Waals surface area contributed by atoms with Gasteiger partial charge in [0.15, 0.2) is 0 Å². The number of ether oxygens (including phenoxy) is 1. The first-order valence-corrected chi connectivity index (χ1v) is 11.4. The molecular weight excluding hydrogens is 440 g/mol. The number of sulfonamides is 1. The highest BCUT2D eigenvalue weighted by Gasteiger charge is 2.26. The predicted molar refractivity (Wildman–Crippen MR) is 125 cm³/mol. The van der Waals surface area contributed by atoms with Crippen LogP contribution in [0.3, 0.4) is 0 Å². The van der Waals surface area contributed by atoms with Crippen molar-refractivity contribution in [2.45, 2.75) is 17.9 Å². The lowest BCUT2D eigenvalue weighted by molar-refractivity contribution is -0.125. The van der Waals surface area contributed by atoms with E-state index < -0.39 is 28.0 Å². The van der Waals surface area contributed by atoms with Crippen LogP contribution >= 0.6 is 0 Å². The Kier molecular flexibility index (Phi) is 7.61. The molecule has 0 saturated carbocycles. The van der Waals surface area contributed by atoms with Crippen LogP contribution < -0.4 is 10.0 Å². The highest BCUT2D eigenvalue weighted by atomic mass is 32.2. The predicted octanol–water partition coefficient (Wildman–Crippen LogP) is 3.44. The molecule has 0 aliphatic rings. The highest BCUT2D eigenvalue weighted by Crippen LogP contribution is 2.22. The smallest absolute Gasteiger partial charge is 0.339 e. The molecule has 0 aromatic heterocycles. The van der Waals surface area contributed by atoms with Crippen LogP contribution in [0.15, 0.2) is 83.8 Å². The number of amides is 1. The van der Waals surface area contributed by atoms with E-state index in [1.165, 1.54) is 24.3 Å². The summed E-state index contributed by atoms with van der Waals surface area (Å²) in [7, 11) is -3.79. The number of carbonyl (C=O) groups is 2. The Morgan fingerprint density at radius 1 is 0.970 bits per heavy atom. The van der Waals surface area contributed by atoms with Crippen LogP contribution in [0.25, 0.3) is 0 Å². The minimum absolute atomic E-state index is 0.0500. The van der Waals surface area contributed by atoms with Crippen LogP contribution in [-0.2, 0) is 19.6 Å². The second kappa shape index (κ2) is 10.6. The Balaban J connectivity index is 1.79. The summed E-state index contributed by atoms with van der Waals surface area (Å²) in [5.74, 6) is 0.897. The zero-order valence-electron chi connectivity index (χ0n) is 17.8. The van der Waals surface area contributed by atoms with Gasteiger partial charge in [-0.25, -0.2) is 13.2 Å². The van der Waals surface area contributed by atoms with Gasteiger partial charge in [0.2, 0.25) is 16.1 Å². The summed E-state index contributed by atoms with van der Waals surface area (Å²) < 4.78 is 32.1. The minimum atomic E-state index is -3.79. The Bertz CT molecular complexity index is 1260. The fourth-order valence-corrected chi connectivity index (χ4v) is 3.85. The maximum atomic E-state index is 13.0. The average Bonchev–Trinajstić information content (AvgIpc) is 2.83. The summed E-state index contributed by atoms with van der Waals surface area (Å²) in [4.78, 5) is 25.7. The molecule has 0 aliphatic carbocycles. The minimum Gasteiger partial charge on any atom is -0.444 e. The summed E-state index contributed by atoms with van der Waals surface area (Å²) in [6.45, 7) is 1.78. The van der Waals surface area contributed by atoms with Gasteiger partial charge in [0.25, 0.3) is 5.91 Å². The van der Waals surface area contributed by atoms with Crippen molar-refractivity contribution in [1.82, 2.24) is 4.72 Å². The van der Waals surface area contributed by atoms with E-state index >= 15 is 0 Å². The van der Waals surface area contributed by atoms with Crippen LogP contribution in [-0.4, -0.2) is 26.8 Å². The average molecular weight is 463 g/mol. The SMILES string of the molecule is C#CCNS(=O)(=O)c1ccc(C(=O)OC(C(=O)Nc2ccc(C)cc2)c2ccccc2)cc1. The lowest BCUT2D eigenvalue weighted by atomic mass is 10.1. The third-order valence-corrected chi connectivity index (χ3v) is 6.07. The topological polar surface area (TPSA) is 102 Å².